The summed E-state index contributed by atoms with van der Waals surface area (Å²) in [7, 11) is 0. The number of rotatable bonds is 4. The molecule has 0 amide bonds. The Kier molecular flexibility index (Phi) is 4.95. The molecule has 0 saturated carbocycles. The summed E-state index contributed by atoms with van der Waals surface area (Å²) >= 11 is 0. The van der Waals surface area contributed by atoms with E-state index in [1.54, 1.807) is 20.8 Å². The van der Waals surface area contributed by atoms with E-state index < -0.39 is 11.8 Å². The van der Waals surface area contributed by atoms with Crippen molar-refractivity contribution in [3.05, 3.63) is 0 Å². The quantitative estimate of drug-likeness (QED) is 0.503. The Bertz CT molecular complexity index is 163. The molecule has 78 valence electrons. The average Bonchev–Trinajstić information content (AvgIpc) is 1.97. The highest BCUT2D eigenvalue weighted by Gasteiger charge is 2.16. The van der Waals surface area contributed by atoms with Crippen molar-refractivity contribution >= 4 is 5.97 Å². The van der Waals surface area contributed by atoms with Crippen LogP contribution in [0.1, 0.15) is 34.1 Å². The van der Waals surface area contributed by atoms with Crippen molar-refractivity contribution in [2.75, 3.05) is 6.54 Å². The predicted molar refractivity (Wildman–Crippen MR) is 50.1 cm³/mol. The van der Waals surface area contributed by atoms with Crippen LogP contribution in [-0.2, 0) is 9.53 Å². The topological polar surface area (TPSA) is 58.6 Å². The molecule has 0 spiro atoms. The van der Waals surface area contributed by atoms with Crippen LogP contribution in [0, 0.1) is 0 Å². The maximum atomic E-state index is 11.1. The normalized spacial score (nSPS) is 13.9. The first-order chi connectivity index (χ1) is 5.85. The fourth-order valence-corrected chi connectivity index (χ4v) is 0.723. The highest BCUT2D eigenvalue weighted by molar-refractivity contribution is 5.72. The van der Waals surface area contributed by atoms with Crippen LogP contribution in [-0.4, -0.2) is 29.4 Å². The van der Waals surface area contributed by atoms with Gasteiger partial charge in [0.15, 0.2) is 0 Å². The molecular formula is C9H19NO3. The van der Waals surface area contributed by atoms with Gasteiger partial charge in [0.25, 0.3) is 0 Å². The van der Waals surface area contributed by atoms with Crippen LogP contribution < -0.4 is 5.32 Å². The second-order valence-electron chi connectivity index (χ2n) is 3.89. The molecule has 0 rings (SSSR count). The Morgan fingerprint density at radius 2 is 2.08 bits per heavy atom. The van der Waals surface area contributed by atoms with Crippen molar-refractivity contribution in [1.29, 1.82) is 0 Å². The van der Waals surface area contributed by atoms with Gasteiger partial charge >= 0.3 is 5.97 Å². The molecule has 0 aromatic rings. The first kappa shape index (κ1) is 12.4. The van der Waals surface area contributed by atoms with Crippen LogP contribution >= 0.6 is 0 Å². The molecule has 0 aliphatic carbocycles. The first-order valence-electron chi connectivity index (χ1n) is 4.48. The van der Waals surface area contributed by atoms with E-state index in [-0.39, 0.29) is 12.5 Å². The number of esters is 1. The Labute approximate surface area is 79.3 Å². The van der Waals surface area contributed by atoms with Gasteiger partial charge in [-0.2, -0.15) is 0 Å². The summed E-state index contributed by atoms with van der Waals surface area (Å²) in [5.41, 5.74) is -0.462. The molecule has 0 saturated heterocycles. The number of nitrogens with one attached hydrogen (secondary N) is 1. The SMILES string of the molecule is CCC(O)NCC(=O)OC(C)(C)C. The summed E-state index contributed by atoms with van der Waals surface area (Å²) in [5, 5.41) is 11.7. The number of ether oxygens (including phenoxy) is 1. The molecule has 0 aliphatic heterocycles. The van der Waals surface area contributed by atoms with E-state index in [4.69, 9.17) is 9.84 Å². The molecule has 0 radical (unpaired) electrons. The Morgan fingerprint density at radius 3 is 2.46 bits per heavy atom. The van der Waals surface area contributed by atoms with Gasteiger partial charge in [0, 0.05) is 0 Å². The van der Waals surface area contributed by atoms with E-state index in [0.29, 0.717) is 6.42 Å². The zero-order valence-corrected chi connectivity index (χ0v) is 8.76. The van der Waals surface area contributed by atoms with Crippen molar-refractivity contribution in [3.63, 3.8) is 0 Å². The van der Waals surface area contributed by atoms with Crippen molar-refractivity contribution in [2.24, 2.45) is 0 Å². The molecule has 0 aromatic carbocycles. The maximum absolute atomic E-state index is 11.1. The zero-order chi connectivity index (χ0) is 10.5. The number of carbonyl (C=O) groups is 1. The number of aliphatic hydroxyl groups is 1. The van der Waals surface area contributed by atoms with E-state index in [2.05, 4.69) is 5.32 Å². The van der Waals surface area contributed by atoms with Crippen LogP contribution in [0.25, 0.3) is 0 Å². The molecule has 0 bridgehead atoms. The molecule has 2 N–H and O–H groups in total. The number of hydrogen-bond acceptors (Lipinski definition) is 4. The Hall–Kier alpha value is -0.610. The standard InChI is InChI=1S/C9H19NO3/c1-5-7(11)10-6-8(12)13-9(2,3)4/h7,10-11H,5-6H2,1-4H3. The van der Waals surface area contributed by atoms with Crippen LogP contribution in [0.15, 0.2) is 0 Å². The lowest BCUT2D eigenvalue weighted by atomic mass is 10.2. The highest BCUT2D eigenvalue weighted by Crippen LogP contribution is 2.06. The molecule has 0 aliphatic rings. The zero-order valence-electron chi connectivity index (χ0n) is 8.76. The summed E-state index contributed by atoms with van der Waals surface area (Å²) in [6.07, 6.45) is -0.0597. The second kappa shape index (κ2) is 5.19. The van der Waals surface area contributed by atoms with Crippen molar-refractivity contribution < 1.29 is 14.6 Å². The summed E-state index contributed by atoms with van der Waals surface area (Å²) in [6, 6.07) is 0. The monoisotopic (exact) mass is 189 g/mol. The van der Waals surface area contributed by atoms with E-state index >= 15 is 0 Å². The third-order valence-electron chi connectivity index (χ3n) is 1.29. The van der Waals surface area contributed by atoms with Gasteiger partial charge in [0.05, 0.1) is 6.54 Å². The Balaban J connectivity index is 3.64. The molecule has 0 heterocycles. The van der Waals surface area contributed by atoms with E-state index in [1.807, 2.05) is 6.92 Å². The maximum Gasteiger partial charge on any atom is 0.320 e. The fourth-order valence-electron chi connectivity index (χ4n) is 0.723. The highest BCUT2D eigenvalue weighted by atomic mass is 16.6. The van der Waals surface area contributed by atoms with Gasteiger partial charge in [-0.3, -0.25) is 10.1 Å². The minimum Gasteiger partial charge on any atom is -0.459 e. The van der Waals surface area contributed by atoms with Crippen molar-refractivity contribution in [2.45, 2.75) is 45.9 Å². The van der Waals surface area contributed by atoms with E-state index in [1.165, 1.54) is 0 Å². The minimum absolute atomic E-state index is 0.0479. The van der Waals surface area contributed by atoms with Crippen LogP contribution in [0.4, 0.5) is 0 Å². The van der Waals surface area contributed by atoms with Gasteiger partial charge in [0.1, 0.15) is 11.8 Å². The fraction of sp³-hybridized carbons (Fsp3) is 0.889. The molecule has 4 nitrogen and oxygen atoms in total. The largest absolute Gasteiger partial charge is 0.459 e. The van der Waals surface area contributed by atoms with E-state index in [9.17, 15) is 4.79 Å². The smallest absolute Gasteiger partial charge is 0.320 e. The predicted octanol–water partition coefficient (Wildman–Crippen LogP) is 0.646. The summed E-state index contributed by atoms with van der Waals surface area (Å²) < 4.78 is 5.02. The number of aliphatic hydroxyl groups excluding tert-OH is 1. The summed E-state index contributed by atoms with van der Waals surface area (Å²) in [5.74, 6) is -0.347. The lowest BCUT2D eigenvalue weighted by molar-refractivity contribution is -0.154. The number of hydrogen-bond donors (Lipinski definition) is 2. The summed E-state index contributed by atoms with van der Waals surface area (Å²) in [4.78, 5) is 11.1. The van der Waals surface area contributed by atoms with Gasteiger partial charge < -0.3 is 9.84 Å². The lowest BCUT2D eigenvalue weighted by Crippen LogP contribution is -2.36. The van der Waals surface area contributed by atoms with Crippen LogP contribution in [0.5, 0.6) is 0 Å². The van der Waals surface area contributed by atoms with Gasteiger partial charge in [-0.05, 0) is 27.2 Å². The van der Waals surface area contributed by atoms with Crippen molar-refractivity contribution in [1.82, 2.24) is 5.32 Å². The molecular weight excluding hydrogens is 170 g/mol. The molecule has 4 heteroatoms. The second-order valence-corrected chi connectivity index (χ2v) is 3.89. The van der Waals surface area contributed by atoms with Gasteiger partial charge in [0.2, 0.25) is 0 Å². The molecule has 13 heavy (non-hydrogen) atoms. The molecule has 0 aromatic heterocycles. The molecule has 1 atom stereocenters. The number of carbonyl (C=O) groups excluding carboxylic acids is 1. The van der Waals surface area contributed by atoms with E-state index in [0.717, 1.165) is 0 Å². The van der Waals surface area contributed by atoms with Gasteiger partial charge in [-0.1, -0.05) is 6.92 Å². The Morgan fingerprint density at radius 1 is 1.54 bits per heavy atom. The lowest BCUT2D eigenvalue weighted by Gasteiger charge is -2.20. The molecule has 1 unspecified atom stereocenters. The average molecular weight is 189 g/mol. The third kappa shape index (κ3) is 7.74. The van der Waals surface area contributed by atoms with Crippen LogP contribution in [0.3, 0.4) is 0 Å². The molecule has 0 fully saturated rings. The minimum atomic E-state index is -0.632. The first-order valence-corrected chi connectivity index (χ1v) is 4.48. The van der Waals surface area contributed by atoms with Crippen molar-refractivity contribution in [3.8, 4) is 0 Å². The van der Waals surface area contributed by atoms with Crippen LogP contribution in [0.2, 0.25) is 0 Å². The van der Waals surface area contributed by atoms with Gasteiger partial charge in [-0.25, -0.2) is 0 Å². The van der Waals surface area contributed by atoms with Gasteiger partial charge in [-0.15, -0.1) is 0 Å². The third-order valence-corrected chi connectivity index (χ3v) is 1.29. The summed E-state index contributed by atoms with van der Waals surface area (Å²) in [6.45, 7) is 7.29.